The lowest BCUT2D eigenvalue weighted by Crippen LogP contribution is -2.20. The van der Waals surface area contributed by atoms with Crippen LogP contribution in [0.1, 0.15) is 0 Å². The minimum absolute atomic E-state index is 0.264. The summed E-state index contributed by atoms with van der Waals surface area (Å²) in [4.78, 5) is 3.57. The Kier molecular flexibility index (Phi) is 0.506. The first-order chi connectivity index (χ1) is 2.89. The molecule has 1 heterocycles. The summed E-state index contributed by atoms with van der Waals surface area (Å²) in [5, 5.41) is 9.76. The van der Waals surface area contributed by atoms with Gasteiger partial charge in [-0.3, -0.25) is 0 Å². The van der Waals surface area contributed by atoms with Crippen LogP contribution in [0.15, 0.2) is 17.2 Å². The van der Waals surface area contributed by atoms with E-state index in [4.69, 9.17) is 0 Å². The van der Waals surface area contributed by atoms with Crippen molar-refractivity contribution in [1.82, 2.24) is 4.98 Å². The summed E-state index contributed by atoms with van der Waals surface area (Å²) in [7, 11) is 0. The fraction of sp³-hybridized carbons (Fsp3) is 0. The van der Waals surface area contributed by atoms with Crippen molar-refractivity contribution in [3.05, 3.63) is 17.9 Å². The third kappa shape index (κ3) is 0.314. The van der Waals surface area contributed by atoms with Gasteiger partial charge in [0.05, 0.1) is 0 Å². The second-order valence-corrected chi connectivity index (χ2v) is 0.761. The van der Waals surface area contributed by atoms with E-state index in [9.17, 15) is 5.21 Å². The lowest BCUT2D eigenvalue weighted by Gasteiger charge is -1.75. The van der Waals surface area contributed by atoms with Gasteiger partial charge < -0.3 is 9.73 Å². The van der Waals surface area contributed by atoms with Crippen LogP contribution < -0.4 is 4.90 Å². The largest absolute Gasteiger partial charge is 0.402 e. The molecule has 0 aliphatic heterocycles. The Morgan fingerprint density at radius 1 is 1.83 bits per heavy atom. The average Bonchev–Trinajstić information content (AvgIpc) is 1.86. The van der Waals surface area contributed by atoms with Gasteiger partial charge in [0.15, 0.2) is 0 Å². The first kappa shape index (κ1) is 3.14. The van der Waals surface area contributed by atoms with Gasteiger partial charge >= 0.3 is 6.33 Å². The maximum Gasteiger partial charge on any atom is 0.327 e. The number of rotatable bonds is 0. The van der Waals surface area contributed by atoms with Crippen molar-refractivity contribution in [1.29, 1.82) is 0 Å². The third-order valence-electron chi connectivity index (χ3n) is 0.373. The van der Waals surface area contributed by atoms with E-state index in [1.807, 2.05) is 0 Å². The number of hydrogen-bond acceptors (Lipinski definition) is 3. The average molecular weight is 86.0 g/mol. The first-order valence-electron chi connectivity index (χ1n) is 1.38. The smallest absolute Gasteiger partial charge is 0.327 e. The fourth-order valence-corrected chi connectivity index (χ4v) is 0.183. The topological polar surface area (TPSA) is 53.0 Å². The standard InChI is InChI=1S/C2H2N2O2/c5-4-1-3-2-6-4/h1-2H. The molecular weight excluding hydrogens is 84.0 g/mol. The summed E-state index contributed by atoms with van der Waals surface area (Å²) in [5.74, 6) is 0. The van der Waals surface area contributed by atoms with Crippen LogP contribution in [-0.2, 0) is 0 Å². The van der Waals surface area contributed by atoms with Crippen LogP contribution in [0.5, 0.6) is 0 Å². The molecule has 0 saturated heterocycles. The van der Waals surface area contributed by atoms with Crippen LogP contribution in [-0.4, -0.2) is 4.98 Å². The zero-order valence-electron chi connectivity index (χ0n) is 2.87. The molecular formula is C2H2N2O2. The van der Waals surface area contributed by atoms with Gasteiger partial charge in [-0.05, 0) is 9.89 Å². The first-order valence-corrected chi connectivity index (χ1v) is 1.38. The van der Waals surface area contributed by atoms with Crippen molar-refractivity contribution in [2.75, 3.05) is 0 Å². The summed E-state index contributed by atoms with van der Waals surface area (Å²) in [6.45, 7) is 0. The summed E-state index contributed by atoms with van der Waals surface area (Å²) >= 11 is 0. The Morgan fingerprint density at radius 2 is 2.67 bits per heavy atom. The second-order valence-electron chi connectivity index (χ2n) is 0.761. The molecule has 4 nitrogen and oxygen atoms in total. The van der Waals surface area contributed by atoms with E-state index in [1.165, 1.54) is 0 Å². The zero-order valence-corrected chi connectivity index (χ0v) is 2.87. The number of aromatic nitrogens is 2. The monoisotopic (exact) mass is 86.0 g/mol. The molecule has 0 aliphatic carbocycles. The Labute approximate surface area is 33.6 Å². The molecule has 0 fully saturated rings. The highest BCUT2D eigenvalue weighted by atomic mass is 16.7. The lowest BCUT2D eigenvalue weighted by atomic mass is 11.3. The third-order valence-corrected chi connectivity index (χ3v) is 0.373. The van der Waals surface area contributed by atoms with E-state index in [1.54, 1.807) is 0 Å². The van der Waals surface area contributed by atoms with Crippen molar-refractivity contribution in [2.45, 2.75) is 0 Å². The lowest BCUT2D eigenvalue weighted by molar-refractivity contribution is -0.793. The molecule has 0 unspecified atom stereocenters. The molecule has 1 aromatic heterocycles. The van der Waals surface area contributed by atoms with Crippen molar-refractivity contribution in [3.8, 4) is 0 Å². The summed E-state index contributed by atoms with van der Waals surface area (Å²) < 4.78 is 4.08. The Morgan fingerprint density at radius 3 is 2.83 bits per heavy atom. The van der Waals surface area contributed by atoms with Gasteiger partial charge in [0.2, 0.25) is 6.39 Å². The van der Waals surface area contributed by atoms with Crippen LogP contribution in [0.25, 0.3) is 0 Å². The van der Waals surface area contributed by atoms with Crippen LogP contribution in [0.2, 0.25) is 0 Å². The van der Waals surface area contributed by atoms with E-state index < -0.39 is 0 Å². The molecule has 0 saturated carbocycles. The molecule has 0 radical (unpaired) electrons. The summed E-state index contributed by atoms with van der Waals surface area (Å²) in [5.41, 5.74) is 0. The van der Waals surface area contributed by atoms with Crippen LogP contribution >= 0.6 is 0 Å². The minimum atomic E-state index is 0.264. The van der Waals surface area contributed by atoms with E-state index in [2.05, 4.69) is 9.51 Å². The van der Waals surface area contributed by atoms with Crippen LogP contribution in [0, 0.1) is 5.21 Å². The van der Waals surface area contributed by atoms with E-state index in [0.717, 1.165) is 12.7 Å². The molecule has 1 rings (SSSR count). The zero-order chi connectivity index (χ0) is 4.41. The maximum atomic E-state index is 9.76. The molecule has 6 heavy (non-hydrogen) atoms. The van der Waals surface area contributed by atoms with Crippen molar-refractivity contribution >= 4 is 0 Å². The van der Waals surface area contributed by atoms with Gasteiger partial charge in [-0.25, -0.2) is 0 Å². The van der Waals surface area contributed by atoms with Gasteiger partial charge in [0, 0.05) is 0 Å². The highest BCUT2D eigenvalue weighted by Crippen LogP contribution is 1.60. The predicted octanol–water partition coefficient (Wildman–Crippen LogP) is -0.692. The molecule has 0 spiro atoms. The fourth-order valence-electron chi connectivity index (χ4n) is 0.183. The maximum absolute atomic E-state index is 9.76. The summed E-state index contributed by atoms with van der Waals surface area (Å²) in [6, 6.07) is 0. The highest BCUT2D eigenvalue weighted by molar-refractivity contribution is 4.28. The van der Waals surface area contributed by atoms with Crippen molar-refractivity contribution in [2.24, 2.45) is 0 Å². The van der Waals surface area contributed by atoms with Gasteiger partial charge in [0.1, 0.15) is 0 Å². The molecule has 0 aliphatic rings. The number of nitrogens with zero attached hydrogens (tertiary/aromatic N) is 2. The van der Waals surface area contributed by atoms with Crippen LogP contribution in [0.4, 0.5) is 0 Å². The molecule has 0 atom stereocenters. The Balaban J connectivity index is 3.05. The van der Waals surface area contributed by atoms with Gasteiger partial charge in [0.25, 0.3) is 0 Å². The summed E-state index contributed by atoms with van der Waals surface area (Å²) in [6.07, 6.45) is 2.09. The van der Waals surface area contributed by atoms with E-state index in [-0.39, 0.29) is 4.90 Å². The molecule has 4 heteroatoms. The second kappa shape index (κ2) is 0.965. The molecule has 0 bridgehead atoms. The normalized spacial score (nSPS) is 8.67. The Hall–Kier alpha value is -1.06. The molecule has 0 amide bonds. The van der Waals surface area contributed by atoms with Crippen LogP contribution in [0.3, 0.4) is 0 Å². The Bertz CT molecular complexity index is 113. The SMILES string of the molecule is [O-][n+]1cnco1. The number of hydrogen-bond donors (Lipinski definition) is 0. The van der Waals surface area contributed by atoms with Gasteiger partial charge in [-0.2, -0.15) is 0 Å². The van der Waals surface area contributed by atoms with E-state index in [0.29, 0.717) is 0 Å². The molecule has 32 valence electrons. The van der Waals surface area contributed by atoms with Gasteiger partial charge in [-0.1, -0.05) is 0 Å². The quantitative estimate of drug-likeness (QED) is 0.392. The highest BCUT2D eigenvalue weighted by Gasteiger charge is 1.78. The molecule has 0 aromatic carbocycles. The molecule has 0 N–H and O–H groups in total. The predicted molar refractivity (Wildman–Crippen MR) is 15.5 cm³/mol. The van der Waals surface area contributed by atoms with Crippen molar-refractivity contribution in [3.63, 3.8) is 0 Å². The molecule has 1 aromatic rings. The van der Waals surface area contributed by atoms with Crippen molar-refractivity contribution < 1.29 is 9.43 Å². The minimum Gasteiger partial charge on any atom is -0.402 e. The van der Waals surface area contributed by atoms with Gasteiger partial charge in [-0.15, -0.1) is 0 Å². The van der Waals surface area contributed by atoms with E-state index >= 15 is 0 Å².